The van der Waals surface area contributed by atoms with Gasteiger partial charge in [0, 0.05) is 16.6 Å². The van der Waals surface area contributed by atoms with Gasteiger partial charge in [-0.15, -0.1) is 0 Å². The summed E-state index contributed by atoms with van der Waals surface area (Å²) in [6, 6.07) is 11.6. The fourth-order valence-corrected chi connectivity index (χ4v) is 2.43. The molecule has 1 heterocycles. The zero-order valence-electron chi connectivity index (χ0n) is 11.2. The molecule has 0 unspecified atom stereocenters. The maximum atomic E-state index is 12.3. The van der Waals surface area contributed by atoms with Gasteiger partial charge < -0.3 is 10.4 Å². The van der Waals surface area contributed by atoms with Gasteiger partial charge in [-0.25, -0.2) is 0 Å². The fourth-order valence-electron chi connectivity index (χ4n) is 2.10. The Balaban J connectivity index is 0.00000192. The Hall–Kier alpha value is -2.30. The van der Waals surface area contributed by atoms with Crippen molar-refractivity contribution < 1.29 is 9.90 Å². The van der Waals surface area contributed by atoms with Gasteiger partial charge in [0.1, 0.15) is 5.52 Å². The van der Waals surface area contributed by atoms with Gasteiger partial charge in [0.2, 0.25) is 0 Å². The van der Waals surface area contributed by atoms with Crippen molar-refractivity contribution in [3.8, 4) is 5.75 Å². The smallest absolute Gasteiger partial charge is 0.259 e. The number of aromatic nitrogens is 1. The number of aromatic hydroxyl groups is 1. The molecule has 3 aromatic rings. The lowest BCUT2D eigenvalue weighted by atomic mass is 10.1. The van der Waals surface area contributed by atoms with Gasteiger partial charge in [-0.1, -0.05) is 42.8 Å². The van der Waals surface area contributed by atoms with Crippen LogP contribution in [0.25, 0.3) is 10.9 Å². The average Bonchev–Trinajstić information content (AvgIpc) is 2.51. The molecule has 0 saturated carbocycles. The Morgan fingerprint density at radius 2 is 1.91 bits per heavy atom. The van der Waals surface area contributed by atoms with Crippen LogP contribution in [0.1, 0.15) is 17.8 Å². The lowest BCUT2D eigenvalue weighted by molar-refractivity contribution is 0.102. The lowest BCUT2D eigenvalue weighted by Crippen LogP contribution is -2.12. The summed E-state index contributed by atoms with van der Waals surface area (Å²) in [7, 11) is 0. The summed E-state index contributed by atoms with van der Waals surface area (Å²) in [5.41, 5.74) is 0.856. The van der Waals surface area contributed by atoms with Crippen molar-refractivity contribution in [2.45, 2.75) is 7.43 Å². The van der Waals surface area contributed by atoms with Gasteiger partial charge in [-0.05, 0) is 30.3 Å². The van der Waals surface area contributed by atoms with Gasteiger partial charge in [-0.3, -0.25) is 9.78 Å². The van der Waals surface area contributed by atoms with Crippen LogP contribution in [-0.2, 0) is 0 Å². The molecule has 1 aromatic heterocycles. The van der Waals surface area contributed by atoms with E-state index in [1.165, 1.54) is 12.1 Å². The lowest BCUT2D eigenvalue weighted by Gasteiger charge is -2.10. The summed E-state index contributed by atoms with van der Waals surface area (Å²) in [6.45, 7) is 0. The Labute approximate surface area is 143 Å². The third-order valence-electron chi connectivity index (χ3n) is 3.17. The number of halogens is 2. The van der Waals surface area contributed by atoms with E-state index in [0.717, 1.165) is 5.39 Å². The van der Waals surface area contributed by atoms with Crippen LogP contribution in [0.4, 0.5) is 5.69 Å². The molecule has 0 spiro atoms. The highest BCUT2D eigenvalue weighted by molar-refractivity contribution is 6.36. The van der Waals surface area contributed by atoms with Crippen LogP contribution in [0.15, 0.2) is 48.7 Å². The van der Waals surface area contributed by atoms with Crippen LogP contribution < -0.4 is 5.32 Å². The predicted molar refractivity (Wildman–Crippen MR) is 94.6 cm³/mol. The summed E-state index contributed by atoms with van der Waals surface area (Å²) >= 11 is 11.9. The van der Waals surface area contributed by atoms with Crippen LogP contribution >= 0.6 is 23.2 Å². The summed E-state index contributed by atoms with van der Waals surface area (Å²) in [5.74, 6) is -0.664. The molecule has 2 aromatic carbocycles. The first-order valence-corrected chi connectivity index (χ1v) is 7.15. The molecule has 0 aliphatic heterocycles. The number of benzene rings is 2. The minimum atomic E-state index is -0.491. The van der Waals surface area contributed by atoms with E-state index in [4.69, 9.17) is 23.2 Å². The molecule has 118 valence electrons. The Kier molecular flexibility index (Phi) is 5.08. The van der Waals surface area contributed by atoms with Gasteiger partial charge in [0.15, 0.2) is 5.75 Å². The molecule has 1 amide bonds. The SMILES string of the molecule is C.O=C(Nc1cc(Cl)ccc1Cl)c1ccc2cccnc2c1O. The number of amides is 1. The number of rotatable bonds is 2. The number of nitrogens with zero attached hydrogens (tertiary/aromatic N) is 1. The second-order valence-corrected chi connectivity index (χ2v) is 5.46. The second-order valence-electron chi connectivity index (χ2n) is 4.62. The van der Waals surface area contributed by atoms with E-state index in [1.807, 2.05) is 0 Å². The number of pyridine rings is 1. The molecule has 0 fully saturated rings. The molecular formula is C17H14Cl2N2O2. The van der Waals surface area contributed by atoms with Crippen LogP contribution in [0, 0.1) is 0 Å². The number of fused-ring (bicyclic) bond motifs is 1. The highest BCUT2D eigenvalue weighted by Crippen LogP contribution is 2.29. The van der Waals surface area contributed by atoms with Crippen molar-refractivity contribution in [1.82, 2.24) is 4.98 Å². The Bertz CT molecular complexity index is 882. The van der Waals surface area contributed by atoms with Crippen molar-refractivity contribution in [3.05, 3.63) is 64.3 Å². The fraction of sp³-hybridized carbons (Fsp3) is 0.0588. The molecule has 4 nitrogen and oxygen atoms in total. The van der Waals surface area contributed by atoms with Gasteiger partial charge in [0.25, 0.3) is 5.91 Å². The molecule has 0 atom stereocenters. The number of hydrogen-bond acceptors (Lipinski definition) is 3. The van der Waals surface area contributed by atoms with Crippen molar-refractivity contribution >= 4 is 45.7 Å². The first kappa shape index (κ1) is 17.1. The largest absolute Gasteiger partial charge is 0.505 e. The number of anilines is 1. The van der Waals surface area contributed by atoms with E-state index in [0.29, 0.717) is 21.2 Å². The highest BCUT2D eigenvalue weighted by atomic mass is 35.5. The standard InChI is InChI=1S/C16H10Cl2N2O2.CH4/c17-10-4-6-12(18)13(8-10)20-16(22)11-5-3-9-2-1-7-19-14(9)15(11)21;/h1-8,21H,(H,20,22);1H4. The Morgan fingerprint density at radius 3 is 2.70 bits per heavy atom. The summed E-state index contributed by atoms with van der Waals surface area (Å²) in [4.78, 5) is 16.4. The molecule has 2 N–H and O–H groups in total. The van der Waals surface area contributed by atoms with Crippen LogP contribution in [0.3, 0.4) is 0 Å². The van der Waals surface area contributed by atoms with Crippen molar-refractivity contribution in [2.24, 2.45) is 0 Å². The molecular weight excluding hydrogens is 335 g/mol. The number of phenols is 1. The summed E-state index contributed by atoms with van der Waals surface area (Å²) in [5, 5.41) is 14.4. The van der Waals surface area contributed by atoms with E-state index >= 15 is 0 Å². The third-order valence-corrected chi connectivity index (χ3v) is 3.73. The zero-order valence-corrected chi connectivity index (χ0v) is 12.7. The third kappa shape index (κ3) is 3.38. The van der Waals surface area contributed by atoms with E-state index in [9.17, 15) is 9.90 Å². The Morgan fingerprint density at radius 1 is 1.13 bits per heavy atom. The van der Waals surface area contributed by atoms with Crippen molar-refractivity contribution in [1.29, 1.82) is 0 Å². The van der Waals surface area contributed by atoms with E-state index in [1.54, 1.807) is 36.5 Å². The molecule has 0 bridgehead atoms. The van der Waals surface area contributed by atoms with Crippen molar-refractivity contribution in [2.75, 3.05) is 5.32 Å². The molecule has 0 saturated heterocycles. The maximum Gasteiger partial charge on any atom is 0.259 e. The normalized spacial score (nSPS) is 10.2. The second kappa shape index (κ2) is 6.86. The number of carbonyl (C=O) groups is 1. The number of phenolic OH excluding ortho intramolecular Hbond substituents is 1. The molecule has 3 rings (SSSR count). The topological polar surface area (TPSA) is 62.2 Å². The molecule has 23 heavy (non-hydrogen) atoms. The van der Waals surface area contributed by atoms with E-state index in [2.05, 4.69) is 10.3 Å². The first-order valence-electron chi connectivity index (χ1n) is 6.39. The summed E-state index contributed by atoms with van der Waals surface area (Å²) < 4.78 is 0. The number of hydrogen-bond donors (Lipinski definition) is 2. The van der Waals surface area contributed by atoms with E-state index in [-0.39, 0.29) is 18.7 Å². The molecule has 6 heteroatoms. The van der Waals surface area contributed by atoms with Gasteiger partial charge in [-0.2, -0.15) is 0 Å². The summed E-state index contributed by atoms with van der Waals surface area (Å²) in [6.07, 6.45) is 1.55. The van der Waals surface area contributed by atoms with Gasteiger partial charge >= 0.3 is 0 Å². The highest BCUT2D eigenvalue weighted by Gasteiger charge is 2.16. The molecule has 0 radical (unpaired) electrons. The van der Waals surface area contributed by atoms with E-state index < -0.39 is 5.91 Å². The monoisotopic (exact) mass is 348 g/mol. The predicted octanol–water partition coefficient (Wildman–Crippen LogP) is 5.14. The van der Waals surface area contributed by atoms with Crippen LogP contribution in [0.5, 0.6) is 5.75 Å². The maximum absolute atomic E-state index is 12.3. The minimum absolute atomic E-state index is 0. The first-order chi connectivity index (χ1) is 10.6. The molecule has 0 aliphatic carbocycles. The quantitative estimate of drug-likeness (QED) is 0.674. The van der Waals surface area contributed by atoms with Gasteiger partial charge in [0.05, 0.1) is 16.3 Å². The van der Waals surface area contributed by atoms with Crippen LogP contribution in [0.2, 0.25) is 10.0 Å². The zero-order chi connectivity index (χ0) is 15.7. The average molecular weight is 349 g/mol. The van der Waals surface area contributed by atoms with Crippen molar-refractivity contribution in [3.63, 3.8) is 0 Å². The van der Waals surface area contributed by atoms with Crippen LogP contribution in [-0.4, -0.2) is 16.0 Å². The number of nitrogens with one attached hydrogen (secondary N) is 1. The minimum Gasteiger partial charge on any atom is -0.505 e. The number of carbonyl (C=O) groups excluding carboxylic acids is 1. The molecule has 0 aliphatic rings.